The van der Waals surface area contributed by atoms with Gasteiger partial charge < -0.3 is 26.1 Å². The molecule has 0 bridgehead atoms. The molecule has 0 radical (unpaired) electrons. The molecule has 2 aliphatic rings. The molecule has 1 aromatic heterocycles. The van der Waals surface area contributed by atoms with Crippen LogP contribution in [0, 0.1) is 5.92 Å². The Bertz CT molecular complexity index is 581. The van der Waals surface area contributed by atoms with Crippen LogP contribution >= 0.6 is 0 Å². The van der Waals surface area contributed by atoms with Crippen molar-refractivity contribution in [3.05, 3.63) is 6.33 Å². The maximum absolute atomic E-state index is 11.1. The summed E-state index contributed by atoms with van der Waals surface area (Å²) in [5.41, 5.74) is 10.1. The molecule has 9 nitrogen and oxygen atoms in total. The maximum atomic E-state index is 11.1. The van der Waals surface area contributed by atoms with Crippen LogP contribution in [0.15, 0.2) is 6.33 Å². The molecule has 0 aliphatic carbocycles. The Morgan fingerprint density at radius 2 is 1.88 bits per heavy atom. The highest BCUT2D eigenvalue weighted by molar-refractivity contribution is 5.75. The van der Waals surface area contributed by atoms with Crippen LogP contribution in [0.1, 0.15) is 12.8 Å². The van der Waals surface area contributed by atoms with E-state index < -0.39 is 5.97 Å². The minimum Gasteiger partial charge on any atom is -0.481 e. The quantitative estimate of drug-likeness (QED) is 0.696. The highest BCUT2D eigenvalue weighted by atomic mass is 16.4. The number of carboxylic acids is 1. The molecule has 0 atom stereocenters. The molecule has 2 fully saturated rings. The molecular formula is C15H25N7O2. The van der Waals surface area contributed by atoms with E-state index in [1.54, 1.807) is 0 Å². The van der Waals surface area contributed by atoms with Crippen molar-refractivity contribution in [2.45, 2.75) is 12.8 Å². The molecule has 0 unspecified atom stereocenters. The lowest BCUT2D eigenvalue weighted by molar-refractivity contribution is -0.142. The van der Waals surface area contributed by atoms with Gasteiger partial charge in [0.25, 0.3) is 0 Å². The number of hydrazine groups is 1. The molecule has 2 aliphatic heterocycles. The molecule has 3 rings (SSSR count). The third-order valence-corrected chi connectivity index (χ3v) is 4.77. The number of hydrogen-bond acceptors (Lipinski definition) is 8. The Kier molecular flexibility index (Phi) is 5.00. The predicted molar refractivity (Wildman–Crippen MR) is 91.7 cm³/mol. The topological polar surface area (TPSA) is 111 Å². The summed E-state index contributed by atoms with van der Waals surface area (Å²) in [5.74, 6) is 0.311. The zero-order chi connectivity index (χ0) is 17.1. The molecule has 2 saturated heterocycles. The van der Waals surface area contributed by atoms with Crippen LogP contribution in [0.3, 0.4) is 0 Å². The summed E-state index contributed by atoms with van der Waals surface area (Å²) in [6.45, 7) is 5.08. The van der Waals surface area contributed by atoms with Gasteiger partial charge >= 0.3 is 5.97 Å². The van der Waals surface area contributed by atoms with Crippen molar-refractivity contribution in [3.63, 3.8) is 0 Å². The summed E-state index contributed by atoms with van der Waals surface area (Å²) < 4.78 is 0. The number of hydrogen-bond donors (Lipinski definition) is 3. The van der Waals surface area contributed by atoms with Crippen LogP contribution in [0.4, 0.5) is 17.3 Å². The van der Waals surface area contributed by atoms with E-state index in [-0.39, 0.29) is 5.92 Å². The Labute approximate surface area is 141 Å². The van der Waals surface area contributed by atoms with Crippen molar-refractivity contribution < 1.29 is 9.90 Å². The molecule has 0 saturated carbocycles. The fraction of sp³-hybridized carbons (Fsp3) is 0.667. The van der Waals surface area contributed by atoms with E-state index in [0.29, 0.717) is 43.3 Å². The Balaban J connectivity index is 1.66. The number of aliphatic carboxylic acids is 1. The minimum absolute atomic E-state index is 0.271. The zero-order valence-electron chi connectivity index (χ0n) is 14.0. The number of likely N-dealkylation sites (N-methyl/N-ethyl adjacent to an activating group) is 1. The van der Waals surface area contributed by atoms with Gasteiger partial charge in [-0.1, -0.05) is 0 Å². The summed E-state index contributed by atoms with van der Waals surface area (Å²) in [4.78, 5) is 24.0. The first-order valence-corrected chi connectivity index (χ1v) is 8.33. The van der Waals surface area contributed by atoms with Crippen molar-refractivity contribution in [3.8, 4) is 0 Å². The number of aromatic nitrogens is 2. The van der Waals surface area contributed by atoms with E-state index in [2.05, 4.69) is 32.4 Å². The first-order valence-electron chi connectivity index (χ1n) is 8.33. The van der Waals surface area contributed by atoms with Crippen LogP contribution in [0.2, 0.25) is 0 Å². The van der Waals surface area contributed by atoms with E-state index in [1.807, 2.05) is 4.90 Å². The molecular weight excluding hydrogens is 310 g/mol. The summed E-state index contributed by atoms with van der Waals surface area (Å²) in [7, 11) is 2.11. The molecule has 9 heteroatoms. The fourth-order valence-electron chi connectivity index (χ4n) is 3.13. The number of anilines is 3. The van der Waals surface area contributed by atoms with Gasteiger partial charge in [0.05, 0.1) is 5.92 Å². The lowest BCUT2D eigenvalue weighted by Crippen LogP contribution is -2.47. The summed E-state index contributed by atoms with van der Waals surface area (Å²) in [6.07, 6.45) is 2.73. The van der Waals surface area contributed by atoms with E-state index in [4.69, 9.17) is 10.8 Å². The van der Waals surface area contributed by atoms with Crippen molar-refractivity contribution >= 4 is 23.3 Å². The van der Waals surface area contributed by atoms with E-state index >= 15 is 0 Å². The Hall–Kier alpha value is -2.13. The number of nitrogens with one attached hydrogen (secondary N) is 1. The molecule has 1 aromatic rings. The number of piperazine rings is 1. The second-order valence-corrected chi connectivity index (χ2v) is 6.46. The second-order valence-electron chi connectivity index (χ2n) is 6.46. The van der Waals surface area contributed by atoms with Crippen LogP contribution in [0.25, 0.3) is 0 Å². The van der Waals surface area contributed by atoms with Crippen LogP contribution in [0.5, 0.6) is 0 Å². The van der Waals surface area contributed by atoms with Gasteiger partial charge in [-0.15, -0.1) is 0 Å². The maximum Gasteiger partial charge on any atom is 0.306 e. The van der Waals surface area contributed by atoms with Crippen molar-refractivity contribution in [2.75, 3.05) is 62.4 Å². The highest BCUT2D eigenvalue weighted by Crippen LogP contribution is 2.30. The van der Waals surface area contributed by atoms with Gasteiger partial charge in [0.15, 0.2) is 11.6 Å². The van der Waals surface area contributed by atoms with Gasteiger partial charge in [0.2, 0.25) is 0 Å². The highest BCUT2D eigenvalue weighted by Gasteiger charge is 2.27. The fourth-order valence-corrected chi connectivity index (χ4v) is 3.13. The van der Waals surface area contributed by atoms with Crippen LogP contribution in [-0.4, -0.2) is 77.3 Å². The standard InChI is InChI=1S/C15H25N7O2/c1-20-6-8-22(9-7-20)19-13-12(16)14(18-10-17-13)21-4-2-11(3-5-21)15(23)24/h10-11H,2-9,16H2,1H3,(H,23,24)(H,17,18,19). The number of carbonyl (C=O) groups is 1. The van der Waals surface area contributed by atoms with Gasteiger partial charge in [-0.3, -0.25) is 4.79 Å². The van der Waals surface area contributed by atoms with Crippen molar-refractivity contribution in [1.82, 2.24) is 19.9 Å². The predicted octanol–water partition coefficient (Wildman–Crippen LogP) is -0.0659. The normalized spacial score (nSPS) is 21.0. The Morgan fingerprint density at radius 3 is 2.50 bits per heavy atom. The SMILES string of the molecule is CN1CCN(Nc2ncnc(N3CCC(C(=O)O)CC3)c2N)CC1. The molecule has 132 valence electrons. The van der Waals surface area contributed by atoms with Gasteiger partial charge in [-0.25, -0.2) is 15.0 Å². The average Bonchev–Trinajstić information content (AvgIpc) is 2.59. The molecule has 0 spiro atoms. The smallest absolute Gasteiger partial charge is 0.306 e. The van der Waals surface area contributed by atoms with Gasteiger partial charge in [-0.2, -0.15) is 0 Å². The number of piperidine rings is 1. The summed E-state index contributed by atoms with van der Waals surface area (Å²) in [5, 5.41) is 11.2. The number of nitrogen functional groups attached to an aromatic ring is 1. The molecule has 4 N–H and O–H groups in total. The van der Waals surface area contributed by atoms with Crippen molar-refractivity contribution in [2.24, 2.45) is 5.92 Å². The second kappa shape index (κ2) is 7.18. The number of carboxylic acid groups (broad SMARTS) is 1. The largest absolute Gasteiger partial charge is 0.481 e. The number of nitrogens with two attached hydrogens (primary N) is 1. The molecule has 3 heterocycles. The lowest BCUT2D eigenvalue weighted by atomic mass is 9.97. The average molecular weight is 335 g/mol. The molecule has 0 aromatic carbocycles. The first kappa shape index (κ1) is 16.7. The monoisotopic (exact) mass is 335 g/mol. The zero-order valence-corrected chi connectivity index (χ0v) is 14.0. The summed E-state index contributed by atoms with van der Waals surface area (Å²) >= 11 is 0. The minimum atomic E-state index is -0.720. The third kappa shape index (κ3) is 3.68. The van der Waals surface area contributed by atoms with E-state index in [1.165, 1.54) is 6.33 Å². The molecule has 24 heavy (non-hydrogen) atoms. The molecule has 0 amide bonds. The number of nitrogens with zero attached hydrogens (tertiary/aromatic N) is 5. The first-order chi connectivity index (χ1) is 11.5. The Morgan fingerprint density at radius 1 is 1.21 bits per heavy atom. The van der Waals surface area contributed by atoms with Crippen molar-refractivity contribution in [1.29, 1.82) is 0 Å². The number of rotatable bonds is 4. The van der Waals surface area contributed by atoms with E-state index in [9.17, 15) is 4.79 Å². The van der Waals surface area contributed by atoms with E-state index in [0.717, 1.165) is 26.2 Å². The van der Waals surface area contributed by atoms with Gasteiger partial charge in [-0.05, 0) is 19.9 Å². The lowest BCUT2D eigenvalue weighted by Gasteiger charge is -2.34. The summed E-state index contributed by atoms with van der Waals surface area (Å²) in [6, 6.07) is 0. The van der Waals surface area contributed by atoms with Crippen LogP contribution < -0.4 is 16.1 Å². The van der Waals surface area contributed by atoms with Crippen LogP contribution in [-0.2, 0) is 4.79 Å². The third-order valence-electron chi connectivity index (χ3n) is 4.77. The van der Waals surface area contributed by atoms with Gasteiger partial charge in [0.1, 0.15) is 12.0 Å². The van der Waals surface area contributed by atoms with Gasteiger partial charge in [0, 0.05) is 39.3 Å².